The second-order valence-corrected chi connectivity index (χ2v) is 9.36. The highest BCUT2D eigenvalue weighted by molar-refractivity contribution is 9.13. The number of thiophene rings is 2. The van der Waals surface area contributed by atoms with Crippen molar-refractivity contribution in [2.75, 3.05) is 11.8 Å². The number of hydrogen-bond donors (Lipinski definition) is 1. The molecule has 0 fully saturated rings. The molecule has 2 aromatic rings. The summed E-state index contributed by atoms with van der Waals surface area (Å²) in [4.78, 5) is 11.5. The lowest BCUT2D eigenvalue weighted by Gasteiger charge is -2.06. The van der Waals surface area contributed by atoms with Crippen LogP contribution in [0.15, 0.2) is 29.3 Å². The predicted octanol–water partition coefficient (Wildman–Crippen LogP) is 3.92. The van der Waals surface area contributed by atoms with Crippen LogP contribution in [0.1, 0.15) is 10.4 Å². The van der Waals surface area contributed by atoms with Crippen molar-refractivity contribution in [3.63, 3.8) is 0 Å². The Morgan fingerprint density at radius 1 is 1.35 bits per heavy atom. The van der Waals surface area contributed by atoms with Gasteiger partial charge in [0.15, 0.2) is 0 Å². The Balaban J connectivity index is 2.34. The van der Waals surface area contributed by atoms with E-state index in [0.29, 0.717) is 8.26 Å². The molecule has 2 aromatic heterocycles. The van der Waals surface area contributed by atoms with E-state index >= 15 is 0 Å². The first-order valence-corrected chi connectivity index (χ1v) is 9.80. The zero-order chi connectivity index (χ0) is 14.9. The molecule has 2 heterocycles. The van der Waals surface area contributed by atoms with Crippen LogP contribution in [0, 0.1) is 0 Å². The molecular formula is C10H7Br2NO4S3. The predicted molar refractivity (Wildman–Crippen MR) is 86.2 cm³/mol. The number of anilines is 1. The fraction of sp³-hybridized carbons (Fsp3) is 0.100. The van der Waals surface area contributed by atoms with E-state index in [1.807, 2.05) is 0 Å². The average molecular weight is 461 g/mol. The molecule has 1 N–H and O–H groups in total. The maximum Gasteiger partial charge on any atom is 0.340 e. The van der Waals surface area contributed by atoms with Crippen molar-refractivity contribution in [2.24, 2.45) is 0 Å². The van der Waals surface area contributed by atoms with Crippen LogP contribution in [0.5, 0.6) is 0 Å². The van der Waals surface area contributed by atoms with Crippen LogP contribution >= 0.6 is 54.5 Å². The fourth-order valence-corrected chi connectivity index (χ4v) is 6.01. The number of ether oxygens (including phenoxy) is 1. The third-order valence-corrected chi connectivity index (χ3v) is 8.04. The van der Waals surface area contributed by atoms with E-state index in [2.05, 4.69) is 41.3 Å². The van der Waals surface area contributed by atoms with E-state index in [4.69, 9.17) is 0 Å². The minimum atomic E-state index is -3.74. The van der Waals surface area contributed by atoms with Crippen LogP contribution < -0.4 is 4.72 Å². The third kappa shape index (κ3) is 3.25. The molecule has 10 heteroatoms. The quantitative estimate of drug-likeness (QED) is 0.701. The summed E-state index contributed by atoms with van der Waals surface area (Å²) in [6.07, 6.45) is 0. The topological polar surface area (TPSA) is 72.5 Å². The molecule has 0 saturated heterocycles. The van der Waals surface area contributed by atoms with Gasteiger partial charge in [0.25, 0.3) is 10.0 Å². The van der Waals surface area contributed by atoms with Gasteiger partial charge in [-0.05, 0) is 37.9 Å². The first-order valence-electron chi connectivity index (χ1n) is 4.97. The lowest BCUT2D eigenvalue weighted by Crippen LogP contribution is -2.13. The van der Waals surface area contributed by atoms with Crippen molar-refractivity contribution in [3.05, 3.63) is 30.6 Å². The molecule has 0 atom stereocenters. The van der Waals surface area contributed by atoms with Crippen LogP contribution in [0.3, 0.4) is 0 Å². The molecule has 20 heavy (non-hydrogen) atoms. The van der Waals surface area contributed by atoms with E-state index < -0.39 is 16.0 Å². The normalized spacial score (nSPS) is 11.3. The minimum Gasteiger partial charge on any atom is -0.465 e. The number of carbonyl (C=O) groups excluding carboxylic acids is 1. The third-order valence-electron chi connectivity index (χ3n) is 2.20. The second-order valence-electron chi connectivity index (χ2n) is 3.48. The number of sulfonamides is 1. The van der Waals surface area contributed by atoms with E-state index in [1.165, 1.54) is 29.9 Å². The largest absolute Gasteiger partial charge is 0.465 e. The molecule has 0 radical (unpaired) electrons. The molecule has 2 rings (SSSR count). The van der Waals surface area contributed by atoms with Crippen LogP contribution in [0.4, 0.5) is 5.69 Å². The van der Waals surface area contributed by atoms with Crippen molar-refractivity contribution in [2.45, 2.75) is 4.21 Å². The van der Waals surface area contributed by atoms with Gasteiger partial charge in [0.1, 0.15) is 4.21 Å². The molecule has 0 unspecified atom stereocenters. The molecule has 108 valence electrons. The summed E-state index contributed by atoms with van der Waals surface area (Å²) in [5.41, 5.74) is 0.401. The molecular weight excluding hydrogens is 454 g/mol. The lowest BCUT2D eigenvalue weighted by molar-refractivity contribution is 0.0602. The first-order chi connectivity index (χ1) is 9.35. The molecule has 0 saturated carbocycles. The molecule has 0 aliphatic rings. The Morgan fingerprint density at radius 2 is 2.05 bits per heavy atom. The van der Waals surface area contributed by atoms with Crippen molar-refractivity contribution in [1.29, 1.82) is 0 Å². The highest BCUT2D eigenvalue weighted by atomic mass is 79.9. The fourth-order valence-electron chi connectivity index (χ4n) is 1.30. The Hall–Kier alpha value is -0.420. The van der Waals surface area contributed by atoms with Gasteiger partial charge in [-0.25, -0.2) is 13.2 Å². The van der Waals surface area contributed by atoms with Gasteiger partial charge in [0.05, 0.1) is 22.1 Å². The summed E-state index contributed by atoms with van der Waals surface area (Å²) in [7, 11) is -2.50. The van der Waals surface area contributed by atoms with Crippen molar-refractivity contribution >= 4 is 76.2 Å². The van der Waals surface area contributed by atoms with Gasteiger partial charge < -0.3 is 4.74 Å². The van der Waals surface area contributed by atoms with Crippen molar-refractivity contribution in [1.82, 2.24) is 0 Å². The van der Waals surface area contributed by atoms with Crippen LogP contribution in [0.2, 0.25) is 0 Å². The van der Waals surface area contributed by atoms with E-state index in [9.17, 15) is 13.2 Å². The highest BCUT2D eigenvalue weighted by Crippen LogP contribution is 2.36. The highest BCUT2D eigenvalue weighted by Gasteiger charge is 2.22. The van der Waals surface area contributed by atoms with Gasteiger partial charge in [0, 0.05) is 15.2 Å². The summed E-state index contributed by atoms with van der Waals surface area (Å²) in [5, 5.41) is 3.07. The number of rotatable bonds is 4. The molecule has 0 aliphatic heterocycles. The number of halogens is 2. The van der Waals surface area contributed by atoms with Gasteiger partial charge in [0.2, 0.25) is 0 Å². The summed E-state index contributed by atoms with van der Waals surface area (Å²) >= 11 is 8.76. The average Bonchev–Trinajstić information content (AvgIpc) is 2.96. The minimum absolute atomic E-state index is 0.137. The van der Waals surface area contributed by atoms with Crippen LogP contribution in [-0.2, 0) is 14.8 Å². The molecule has 5 nitrogen and oxygen atoms in total. The lowest BCUT2D eigenvalue weighted by atomic mass is 10.3. The van der Waals surface area contributed by atoms with Crippen molar-refractivity contribution in [3.8, 4) is 0 Å². The van der Waals surface area contributed by atoms with Gasteiger partial charge in [-0.15, -0.1) is 22.7 Å². The molecule has 0 spiro atoms. The van der Waals surface area contributed by atoms with Gasteiger partial charge in [-0.1, -0.05) is 0 Å². The van der Waals surface area contributed by atoms with E-state index in [0.717, 1.165) is 11.3 Å². The maximum atomic E-state index is 12.2. The van der Waals surface area contributed by atoms with Gasteiger partial charge in [-0.2, -0.15) is 0 Å². The summed E-state index contributed by atoms with van der Waals surface area (Å²) in [5.74, 6) is -0.586. The summed E-state index contributed by atoms with van der Waals surface area (Å²) < 4.78 is 32.9. The van der Waals surface area contributed by atoms with Crippen molar-refractivity contribution < 1.29 is 17.9 Å². The molecule has 0 aliphatic carbocycles. The molecule has 0 aromatic carbocycles. The smallest absolute Gasteiger partial charge is 0.340 e. The Bertz CT molecular complexity index is 731. The van der Waals surface area contributed by atoms with E-state index in [1.54, 1.807) is 5.38 Å². The summed E-state index contributed by atoms with van der Waals surface area (Å²) in [6.45, 7) is 0. The monoisotopic (exact) mass is 459 g/mol. The Kier molecular flexibility index (Phi) is 4.90. The molecule has 0 bridgehead atoms. The number of carbonyl (C=O) groups is 1. The van der Waals surface area contributed by atoms with Gasteiger partial charge in [-0.3, -0.25) is 4.72 Å². The first kappa shape index (κ1) is 16.0. The number of nitrogens with one attached hydrogen (secondary N) is 1. The Morgan fingerprint density at radius 3 is 2.60 bits per heavy atom. The van der Waals surface area contributed by atoms with E-state index in [-0.39, 0.29) is 15.5 Å². The number of hydrogen-bond acceptors (Lipinski definition) is 6. The number of methoxy groups -OCH3 is 1. The maximum absolute atomic E-state index is 12.2. The second kappa shape index (κ2) is 6.14. The standard InChI is InChI=1S/C10H7Br2NO4S3/c1-17-10(14)5-3-18-4-7(5)13-20(15,16)8-2-6(11)9(12)19-8/h2-4,13H,1H3. The zero-order valence-corrected chi connectivity index (χ0v) is 15.5. The van der Waals surface area contributed by atoms with Crippen LogP contribution in [-0.4, -0.2) is 21.5 Å². The molecule has 0 amide bonds. The van der Waals surface area contributed by atoms with Gasteiger partial charge >= 0.3 is 5.97 Å². The SMILES string of the molecule is COC(=O)c1cscc1NS(=O)(=O)c1cc(Br)c(Br)s1. The summed E-state index contributed by atoms with van der Waals surface area (Å²) in [6, 6.07) is 1.49. The number of esters is 1. The van der Waals surface area contributed by atoms with Crippen LogP contribution in [0.25, 0.3) is 0 Å². The zero-order valence-electron chi connectivity index (χ0n) is 9.85. The Labute approximate surface area is 140 Å².